The third kappa shape index (κ3) is 4.44. The van der Waals surface area contributed by atoms with Gasteiger partial charge in [-0.3, -0.25) is 4.79 Å². The fraction of sp³-hybridized carbons (Fsp3) is 0.571. The minimum Gasteiger partial charge on any atom is -0.298 e. The van der Waals surface area contributed by atoms with Crippen LogP contribution < -0.4 is 0 Å². The number of hydrogen-bond acceptors (Lipinski definition) is 2. The molecule has 0 saturated carbocycles. The Morgan fingerprint density at radius 3 is 1.62 bits per heavy atom. The molecule has 0 N–H and O–H groups in total. The molecular weight excluding hydrogens is 198 g/mol. The summed E-state index contributed by atoms with van der Waals surface area (Å²) in [7, 11) is 0. The van der Waals surface area contributed by atoms with Crippen LogP contribution in [0, 0.1) is 16.7 Å². The van der Waals surface area contributed by atoms with Gasteiger partial charge in [0.05, 0.1) is 6.07 Å². The Morgan fingerprint density at radius 1 is 1.06 bits per heavy atom. The number of carbonyl (C=O) groups is 1. The zero-order chi connectivity index (χ0) is 12.8. The normalized spacial score (nSPS) is 10.2. The third-order valence-corrected chi connectivity index (χ3v) is 2.61. The van der Waals surface area contributed by atoms with E-state index in [-0.39, 0.29) is 5.78 Å². The lowest BCUT2D eigenvalue weighted by Gasteiger charge is -2.20. The van der Waals surface area contributed by atoms with Gasteiger partial charge in [-0.15, -0.1) is 0 Å². The molecule has 0 atom stereocenters. The molecule has 0 aliphatic heterocycles. The highest BCUT2D eigenvalue weighted by molar-refractivity contribution is 5.85. The molecular formula is C14H21NO. The number of nitriles is 1. The van der Waals surface area contributed by atoms with E-state index in [4.69, 9.17) is 0 Å². The van der Waals surface area contributed by atoms with Gasteiger partial charge in [0.25, 0.3) is 0 Å². The van der Waals surface area contributed by atoms with Crippen LogP contribution >= 0.6 is 0 Å². The van der Waals surface area contributed by atoms with Crippen LogP contribution in [0.4, 0.5) is 0 Å². The monoisotopic (exact) mass is 219 g/mol. The number of nitrogens with zero attached hydrogens (tertiary/aromatic N) is 1. The van der Waals surface area contributed by atoms with E-state index < -0.39 is 5.41 Å². The molecule has 0 fully saturated rings. The SMILES string of the molecule is CC(=O)C(C#N)(CC=C(C)C)CC=C(C)C. The Morgan fingerprint density at radius 2 is 1.44 bits per heavy atom. The highest BCUT2D eigenvalue weighted by Gasteiger charge is 2.33. The van der Waals surface area contributed by atoms with Crippen LogP contribution in [0.25, 0.3) is 0 Å². The zero-order valence-electron chi connectivity index (χ0n) is 10.9. The average molecular weight is 219 g/mol. The van der Waals surface area contributed by atoms with Gasteiger partial charge in [-0.2, -0.15) is 5.26 Å². The first-order chi connectivity index (χ1) is 7.34. The number of allylic oxidation sites excluding steroid dienone is 4. The molecule has 0 bridgehead atoms. The summed E-state index contributed by atoms with van der Waals surface area (Å²) in [5.41, 5.74) is 1.39. The Bertz CT molecular complexity index is 327. The summed E-state index contributed by atoms with van der Waals surface area (Å²) >= 11 is 0. The van der Waals surface area contributed by atoms with Gasteiger partial charge in [-0.25, -0.2) is 0 Å². The van der Waals surface area contributed by atoms with Crippen LogP contribution in [0.5, 0.6) is 0 Å². The molecule has 16 heavy (non-hydrogen) atoms. The van der Waals surface area contributed by atoms with Crippen molar-refractivity contribution in [1.82, 2.24) is 0 Å². The van der Waals surface area contributed by atoms with Crippen molar-refractivity contribution in [3.05, 3.63) is 23.3 Å². The van der Waals surface area contributed by atoms with Gasteiger partial charge in [0.15, 0.2) is 5.78 Å². The number of rotatable bonds is 5. The number of carbonyl (C=O) groups excluding carboxylic acids is 1. The lowest BCUT2D eigenvalue weighted by molar-refractivity contribution is -0.123. The molecule has 0 amide bonds. The van der Waals surface area contributed by atoms with Gasteiger partial charge in [0.2, 0.25) is 0 Å². The molecule has 0 aromatic rings. The smallest absolute Gasteiger partial charge is 0.150 e. The molecule has 0 rings (SSSR count). The van der Waals surface area contributed by atoms with Gasteiger partial charge >= 0.3 is 0 Å². The number of ketones is 1. The maximum atomic E-state index is 11.6. The maximum absolute atomic E-state index is 11.6. The van der Waals surface area contributed by atoms with Crippen molar-refractivity contribution >= 4 is 5.78 Å². The lowest BCUT2D eigenvalue weighted by Crippen LogP contribution is -2.26. The molecule has 0 radical (unpaired) electrons. The standard InChI is InChI=1S/C14H21NO/c1-11(2)6-8-14(10-15,13(5)16)9-7-12(3)4/h6-7H,8-9H2,1-5H3. The topological polar surface area (TPSA) is 40.9 Å². The Kier molecular flexibility index (Phi) is 5.74. The number of Topliss-reactive ketones (excluding diaryl/α,β-unsaturated/α-hetero) is 1. The molecule has 0 aromatic carbocycles. The van der Waals surface area contributed by atoms with E-state index in [9.17, 15) is 10.1 Å². The minimum absolute atomic E-state index is 0.0509. The molecule has 2 heteroatoms. The predicted molar refractivity (Wildman–Crippen MR) is 66.8 cm³/mol. The van der Waals surface area contributed by atoms with Crippen molar-refractivity contribution in [1.29, 1.82) is 5.26 Å². The zero-order valence-corrected chi connectivity index (χ0v) is 10.9. The van der Waals surface area contributed by atoms with Crippen LogP contribution in [-0.4, -0.2) is 5.78 Å². The Balaban J connectivity index is 5.03. The fourth-order valence-corrected chi connectivity index (χ4v) is 1.30. The summed E-state index contributed by atoms with van der Waals surface area (Å²) < 4.78 is 0. The first kappa shape index (κ1) is 14.6. The quantitative estimate of drug-likeness (QED) is 0.660. The maximum Gasteiger partial charge on any atom is 0.150 e. The molecule has 2 nitrogen and oxygen atoms in total. The second-order valence-electron chi connectivity index (χ2n) is 4.72. The van der Waals surface area contributed by atoms with Crippen LogP contribution in [-0.2, 0) is 4.79 Å². The summed E-state index contributed by atoms with van der Waals surface area (Å²) in [6.07, 6.45) is 4.93. The van der Waals surface area contributed by atoms with Crippen molar-refractivity contribution in [3.63, 3.8) is 0 Å². The highest BCUT2D eigenvalue weighted by Crippen LogP contribution is 2.29. The predicted octanol–water partition coefficient (Wildman–Crippen LogP) is 3.80. The number of hydrogen-bond donors (Lipinski definition) is 0. The summed E-state index contributed by atoms with van der Waals surface area (Å²) in [6, 6.07) is 2.19. The molecule has 0 spiro atoms. The molecule has 0 saturated heterocycles. The summed E-state index contributed by atoms with van der Waals surface area (Å²) in [4.78, 5) is 11.6. The van der Waals surface area contributed by atoms with Gasteiger partial charge in [-0.1, -0.05) is 23.3 Å². The van der Waals surface area contributed by atoms with Crippen molar-refractivity contribution in [3.8, 4) is 6.07 Å². The summed E-state index contributed by atoms with van der Waals surface area (Å²) in [5, 5.41) is 9.24. The molecule has 88 valence electrons. The largest absolute Gasteiger partial charge is 0.298 e. The van der Waals surface area contributed by atoms with Crippen LogP contribution in [0.15, 0.2) is 23.3 Å². The molecule has 0 heterocycles. The fourth-order valence-electron chi connectivity index (χ4n) is 1.30. The molecule has 0 aliphatic carbocycles. The van der Waals surface area contributed by atoms with E-state index in [1.165, 1.54) is 6.92 Å². The van der Waals surface area contributed by atoms with Crippen molar-refractivity contribution < 1.29 is 4.79 Å². The van der Waals surface area contributed by atoms with Crippen LogP contribution in [0.3, 0.4) is 0 Å². The van der Waals surface area contributed by atoms with Crippen molar-refractivity contribution in [2.75, 3.05) is 0 Å². The van der Waals surface area contributed by atoms with E-state index in [0.29, 0.717) is 12.8 Å². The van der Waals surface area contributed by atoms with E-state index in [1.807, 2.05) is 39.8 Å². The first-order valence-corrected chi connectivity index (χ1v) is 5.53. The lowest BCUT2D eigenvalue weighted by atomic mass is 9.78. The summed E-state index contributed by atoms with van der Waals surface area (Å²) in [5.74, 6) is -0.0509. The highest BCUT2D eigenvalue weighted by atomic mass is 16.1. The van der Waals surface area contributed by atoms with E-state index in [2.05, 4.69) is 6.07 Å². The summed E-state index contributed by atoms with van der Waals surface area (Å²) in [6.45, 7) is 9.40. The second kappa shape index (κ2) is 6.27. The van der Waals surface area contributed by atoms with E-state index in [1.54, 1.807) is 0 Å². The Hall–Kier alpha value is -1.36. The molecule has 0 unspecified atom stereocenters. The van der Waals surface area contributed by atoms with Crippen molar-refractivity contribution in [2.45, 2.75) is 47.5 Å². The first-order valence-electron chi connectivity index (χ1n) is 5.53. The molecule has 0 aliphatic rings. The van der Waals surface area contributed by atoms with Gasteiger partial charge in [-0.05, 0) is 47.5 Å². The van der Waals surface area contributed by atoms with E-state index in [0.717, 1.165) is 11.1 Å². The average Bonchev–Trinajstić information content (AvgIpc) is 2.17. The van der Waals surface area contributed by atoms with E-state index >= 15 is 0 Å². The van der Waals surface area contributed by atoms with Crippen molar-refractivity contribution in [2.24, 2.45) is 5.41 Å². The minimum atomic E-state index is -0.880. The van der Waals surface area contributed by atoms with Gasteiger partial charge in [0.1, 0.15) is 5.41 Å². The molecule has 0 aromatic heterocycles. The van der Waals surface area contributed by atoms with Gasteiger partial charge in [0, 0.05) is 0 Å². The third-order valence-electron chi connectivity index (χ3n) is 2.61. The second-order valence-corrected chi connectivity index (χ2v) is 4.72. The van der Waals surface area contributed by atoms with Crippen LogP contribution in [0.2, 0.25) is 0 Å². The van der Waals surface area contributed by atoms with Crippen LogP contribution in [0.1, 0.15) is 47.5 Å². The van der Waals surface area contributed by atoms with Gasteiger partial charge < -0.3 is 0 Å². The Labute approximate surface area is 98.7 Å².